The van der Waals surface area contributed by atoms with Crippen LogP contribution in [-0.2, 0) is 10.0 Å². The van der Waals surface area contributed by atoms with Gasteiger partial charge < -0.3 is 20.3 Å². The molecule has 0 bridgehead atoms. The SMILES string of the molecule is CC(C)c1cc(-c2cnc(Nc3ccnc(-c4cnn(S(=O)(=O)C5CC5)c4)n3)cc2NC2CCC(C)(O)CC2)on1. The molecule has 2 saturated carbocycles. The third-order valence-corrected chi connectivity index (χ3v) is 9.68. The van der Waals surface area contributed by atoms with E-state index in [0.29, 0.717) is 41.6 Å². The Labute approximate surface area is 238 Å². The molecule has 0 spiro atoms. The van der Waals surface area contributed by atoms with Gasteiger partial charge >= 0.3 is 0 Å². The molecule has 2 aliphatic carbocycles. The summed E-state index contributed by atoms with van der Waals surface area (Å²) in [6, 6.07) is 5.74. The van der Waals surface area contributed by atoms with Gasteiger partial charge in [0.05, 0.1) is 45.8 Å². The second-order valence-electron chi connectivity index (χ2n) is 11.5. The van der Waals surface area contributed by atoms with Crippen LogP contribution in [0.15, 0.2) is 47.5 Å². The number of anilines is 3. The molecule has 2 fully saturated rings. The summed E-state index contributed by atoms with van der Waals surface area (Å²) < 4.78 is 31.8. The molecule has 4 heterocycles. The minimum absolute atomic E-state index is 0.186. The lowest BCUT2D eigenvalue weighted by molar-refractivity contribution is 0.0196. The molecule has 6 rings (SSSR count). The Morgan fingerprint density at radius 1 is 1.10 bits per heavy atom. The van der Waals surface area contributed by atoms with Crippen molar-refractivity contribution in [1.82, 2.24) is 29.3 Å². The van der Waals surface area contributed by atoms with Crippen molar-refractivity contribution in [1.29, 1.82) is 0 Å². The number of pyridine rings is 1. The first kappa shape index (κ1) is 27.3. The van der Waals surface area contributed by atoms with E-state index in [1.807, 2.05) is 19.1 Å². The van der Waals surface area contributed by atoms with Crippen molar-refractivity contribution in [3.05, 3.63) is 48.7 Å². The van der Waals surface area contributed by atoms with Crippen molar-refractivity contribution in [2.75, 3.05) is 10.6 Å². The Bertz CT molecular complexity index is 1650. The van der Waals surface area contributed by atoms with Crippen molar-refractivity contribution in [2.45, 2.75) is 82.1 Å². The number of hydrogen-bond acceptors (Lipinski definition) is 11. The summed E-state index contributed by atoms with van der Waals surface area (Å²) >= 11 is 0. The highest BCUT2D eigenvalue weighted by Gasteiger charge is 2.37. The van der Waals surface area contributed by atoms with Gasteiger partial charge in [-0.05, 0) is 57.4 Å². The maximum Gasteiger partial charge on any atom is 0.256 e. The third-order valence-electron chi connectivity index (χ3n) is 7.65. The number of aromatic nitrogens is 6. The van der Waals surface area contributed by atoms with Gasteiger partial charge in [-0.25, -0.2) is 23.4 Å². The van der Waals surface area contributed by atoms with E-state index < -0.39 is 15.6 Å². The van der Waals surface area contributed by atoms with Crippen LogP contribution in [0.25, 0.3) is 22.7 Å². The van der Waals surface area contributed by atoms with Gasteiger partial charge in [-0.15, -0.1) is 0 Å². The molecule has 41 heavy (non-hydrogen) atoms. The maximum absolute atomic E-state index is 12.5. The Morgan fingerprint density at radius 3 is 2.59 bits per heavy atom. The van der Waals surface area contributed by atoms with Gasteiger partial charge in [0.1, 0.15) is 11.6 Å². The van der Waals surface area contributed by atoms with E-state index in [1.165, 1.54) is 12.4 Å². The lowest BCUT2D eigenvalue weighted by atomic mass is 9.83. The number of hydrogen-bond donors (Lipinski definition) is 3. The fraction of sp³-hybridized carbons (Fsp3) is 0.464. The first-order valence-electron chi connectivity index (χ1n) is 13.9. The highest BCUT2D eigenvalue weighted by molar-refractivity contribution is 7.90. The standard InChI is InChI=1S/C28H34N8O4S/c1-17(2)22-12-24(40-35-22)21-15-30-26(13-23(21)32-19-6-9-28(3,37)10-7-19)33-25-8-11-29-27(34-25)18-14-31-36(16-18)41(38,39)20-4-5-20/h8,11-17,19-20,37H,4-7,9-10H2,1-3H3,(H2,29,30,32,33,34). The molecule has 0 saturated heterocycles. The van der Waals surface area contributed by atoms with Crippen LogP contribution in [0.1, 0.15) is 70.9 Å². The summed E-state index contributed by atoms with van der Waals surface area (Å²) in [5.74, 6) is 2.25. The Kier molecular flexibility index (Phi) is 7.02. The molecule has 0 amide bonds. The lowest BCUT2D eigenvalue weighted by Crippen LogP contribution is -2.35. The molecule has 0 aromatic carbocycles. The Balaban J connectivity index is 1.26. The van der Waals surface area contributed by atoms with Crippen molar-refractivity contribution in [3.63, 3.8) is 0 Å². The van der Waals surface area contributed by atoms with Crippen LogP contribution >= 0.6 is 0 Å². The third kappa shape index (κ3) is 5.96. The molecule has 0 unspecified atom stereocenters. The van der Waals surface area contributed by atoms with Crippen LogP contribution in [-0.4, -0.2) is 59.7 Å². The van der Waals surface area contributed by atoms with E-state index in [2.05, 4.69) is 49.7 Å². The minimum atomic E-state index is -3.47. The second kappa shape index (κ2) is 10.5. The van der Waals surface area contributed by atoms with E-state index in [4.69, 9.17) is 4.52 Å². The molecule has 12 nitrogen and oxygen atoms in total. The topological polar surface area (TPSA) is 161 Å². The van der Waals surface area contributed by atoms with E-state index >= 15 is 0 Å². The number of nitrogens with one attached hydrogen (secondary N) is 2. The highest BCUT2D eigenvalue weighted by atomic mass is 32.2. The molecule has 0 radical (unpaired) electrons. The quantitative estimate of drug-likeness (QED) is 0.252. The van der Waals surface area contributed by atoms with Gasteiger partial charge in [-0.2, -0.15) is 9.19 Å². The van der Waals surface area contributed by atoms with E-state index in [0.717, 1.165) is 46.7 Å². The average molecular weight is 579 g/mol. The van der Waals surface area contributed by atoms with Crippen molar-refractivity contribution < 1.29 is 18.0 Å². The zero-order valence-corrected chi connectivity index (χ0v) is 24.1. The molecule has 216 valence electrons. The monoisotopic (exact) mass is 578 g/mol. The molecule has 2 aliphatic rings. The van der Waals surface area contributed by atoms with Gasteiger partial charge in [-0.1, -0.05) is 19.0 Å². The number of rotatable bonds is 9. The molecule has 0 aliphatic heterocycles. The smallest absolute Gasteiger partial charge is 0.256 e. The molecular weight excluding hydrogens is 544 g/mol. The number of aliphatic hydroxyl groups is 1. The van der Waals surface area contributed by atoms with Gasteiger partial charge in [0.15, 0.2) is 11.6 Å². The summed E-state index contributed by atoms with van der Waals surface area (Å²) in [4.78, 5) is 13.5. The van der Waals surface area contributed by atoms with Gasteiger partial charge in [-0.3, -0.25) is 0 Å². The summed E-state index contributed by atoms with van der Waals surface area (Å²) in [5.41, 5.74) is 2.36. The van der Waals surface area contributed by atoms with Gasteiger partial charge in [0, 0.05) is 30.6 Å². The van der Waals surface area contributed by atoms with Gasteiger partial charge in [0.2, 0.25) is 0 Å². The first-order valence-corrected chi connectivity index (χ1v) is 15.4. The van der Waals surface area contributed by atoms with E-state index in [9.17, 15) is 13.5 Å². The van der Waals surface area contributed by atoms with Crippen LogP contribution in [0, 0.1) is 0 Å². The molecule has 3 N–H and O–H groups in total. The van der Waals surface area contributed by atoms with Crippen molar-refractivity contribution in [2.24, 2.45) is 0 Å². The molecule has 13 heteroatoms. The second-order valence-corrected chi connectivity index (χ2v) is 13.6. The first-order chi connectivity index (χ1) is 19.6. The van der Waals surface area contributed by atoms with Crippen LogP contribution < -0.4 is 10.6 Å². The van der Waals surface area contributed by atoms with E-state index in [1.54, 1.807) is 18.5 Å². The molecule has 0 atom stereocenters. The molecule has 4 aromatic heterocycles. The molecule has 4 aromatic rings. The number of nitrogens with zero attached hydrogens (tertiary/aromatic N) is 6. The predicted molar refractivity (Wildman–Crippen MR) is 154 cm³/mol. The fourth-order valence-corrected chi connectivity index (χ4v) is 6.38. The minimum Gasteiger partial charge on any atom is -0.390 e. The summed E-state index contributed by atoms with van der Waals surface area (Å²) in [6.45, 7) is 6.01. The summed E-state index contributed by atoms with van der Waals surface area (Å²) in [7, 11) is -3.47. The Morgan fingerprint density at radius 2 is 1.88 bits per heavy atom. The van der Waals surface area contributed by atoms with Crippen LogP contribution in [0.5, 0.6) is 0 Å². The maximum atomic E-state index is 12.5. The van der Waals surface area contributed by atoms with Crippen LogP contribution in [0.4, 0.5) is 17.3 Å². The zero-order chi connectivity index (χ0) is 28.8. The van der Waals surface area contributed by atoms with Crippen LogP contribution in [0.2, 0.25) is 0 Å². The zero-order valence-electron chi connectivity index (χ0n) is 23.3. The Hall–Kier alpha value is -3.84. The van der Waals surface area contributed by atoms with Crippen LogP contribution in [0.3, 0.4) is 0 Å². The summed E-state index contributed by atoms with van der Waals surface area (Å²) in [6.07, 6.45) is 10.7. The van der Waals surface area contributed by atoms with Crippen molar-refractivity contribution in [3.8, 4) is 22.7 Å². The van der Waals surface area contributed by atoms with E-state index in [-0.39, 0.29) is 17.2 Å². The van der Waals surface area contributed by atoms with Gasteiger partial charge in [0.25, 0.3) is 10.0 Å². The lowest BCUT2D eigenvalue weighted by Gasteiger charge is -2.34. The van der Waals surface area contributed by atoms with Crippen molar-refractivity contribution >= 4 is 27.3 Å². The normalized spacial score (nSPS) is 21.2. The fourth-order valence-electron chi connectivity index (χ4n) is 4.91. The summed E-state index contributed by atoms with van der Waals surface area (Å²) in [5, 5.41) is 25.2. The highest BCUT2D eigenvalue weighted by Crippen LogP contribution is 2.36. The average Bonchev–Trinajstić information content (AvgIpc) is 3.48. The predicted octanol–water partition coefficient (Wildman–Crippen LogP) is 4.70. The molecular formula is C28H34N8O4S. The largest absolute Gasteiger partial charge is 0.390 e.